The highest BCUT2D eigenvalue weighted by molar-refractivity contribution is 5.50. The highest BCUT2D eigenvalue weighted by Gasteiger charge is 2.18. The van der Waals surface area contributed by atoms with Crippen LogP contribution in [0.1, 0.15) is 50.2 Å². The van der Waals surface area contributed by atoms with Crippen LogP contribution in [0.4, 0.5) is 0 Å². The summed E-state index contributed by atoms with van der Waals surface area (Å²) in [6.07, 6.45) is 11.6. The van der Waals surface area contributed by atoms with Gasteiger partial charge in [0, 0.05) is 12.3 Å². The van der Waals surface area contributed by atoms with Crippen LogP contribution in [0.2, 0.25) is 0 Å². The quantitative estimate of drug-likeness (QED) is 0.172. The lowest BCUT2D eigenvalue weighted by Gasteiger charge is -2.22. The smallest absolute Gasteiger partial charge is 0.122 e. The Morgan fingerprint density at radius 3 is 2.03 bits per heavy atom. The van der Waals surface area contributed by atoms with Gasteiger partial charge in [-0.2, -0.15) is 0 Å². The normalized spacial score (nSPS) is 14.2. The number of rotatable bonds is 16. The summed E-state index contributed by atoms with van der Waals surface area (Å²) in [5.74, 6) is -0.0529. The van der Waals surface area contributed by atoms with Crippen LogP contribution in [0.25, 0.3) is 0 Å². The Hall–Kier alpha value is -2.49. The highest BCUT2D eigenvalue weighted by atomic mass is 16.5. The summed E-state index contributed by atoms with van der Waals surface area (Å²) in [6.45, 7) is 7.24. The average Bonchev–Trinajstić information content (AvgIpc) is 2.82. The van der Waals surface area contributed by atoms with Gasteiger partial charge in [-0.1, -0.05) is 105 Å². The maximum Gasteiger partial charge on any atom is 0.122 e. The number of ether oxygens (including phenoxy) is 2. The van der Waals surface area contributed by atoms with E-state index in [0.29, 0.717) is 19.6 Å². The first kappa shape index (κ1) is 24.8. The number of aldehydes is 1. The molecule has 0 aliphatic carbocycles. The summed E-state index contributed by atoms with van der Waals surface area (Å²) in [5, 5.41) is 0. The van der Waals surface area contributed by atoms with E-state index < -0.39 is 0 Å². The van der Waals surface area contributed by atoms with Gasteiger partial charge in [0.2, 0.25) is 0 Å². The molecule has 0 saturated carbocycles. The van der Waals surface area contributed by atoms with Crippen molar-refractivity contribution in [3.05, 3.63) is 96.6 Å². The minimum atomic E-state index is -0.239. The topological polar surface area (TPSA) is 35.5 Å². The van der Waals surface area contributed by atoms with Crippen molar-refractivity contribution in [1.29, 1.82) is 0 Å². The summed E-state index contributed by atoms with van der Waals surface area (Å²) in [4.78, 5) is 11.3. The predicted octanol–water partition coefficient (Wildman–Crippen LogP) is 6.68. The monoisotopic (exact) mass is 420 g/mol. The SMILES string of the molecule is C=C[C@@H](/C=C/[C@H](CCCCC)OCc1ccccc1)[C@@H](CC=O)OCc1ccccc1. The van der Waals surface area contributed by atoms with E-state index in [-0.39, 0.29) is 18.1 Å². The molecule has 0 aromatic heterocycles. The molecule has 3 heteroatoms. The Labute approximate surface area is 187 Å². The van der Waals surface area contributed by atoms with E-state index in [1.807, 2.05) is 54.6 Å². The molecule has 0 radical (unpaired) electrons. The van der Waals surface area contributed by atoms with Crippen LogP contribution >= 0.6 is 0 Å². The Kier molecular flexibility index (Phi) is 12.3. The molecule has 2 aromatic carbocycles. The fraction of sp³-hybridized carbons (Fsp3) is 0.393. The third-order valence-electron chi connectivity index (χ3n) is 5.28. The van der Waals surface area contributed by atoms with Crippen LogP contribution in [0.5, 0.6) is 0 Å². The molecule has 0 heterocycles. The molecule has 0 aliphatic rings. The summed E-state index contributed by atoms with van der Waals surface area (Å²) in [5.41, 5.74) is 2.26. The van der Waals surface area contributed by atoms with Crippen molar-refractivity contribution in [2.45, 2.75) is 64.4 Å². The van der Waals surface area contributed by atoms with Crippen molar-refractivity contribution in [3.63, 3.8) is 0 Å². The molecule has 0 unspecified atom stereocenters. The largest absolute Gasteiger partial charge is 0.372 e. The first-order valence-corrected chi connectivity index (χ1v) is 11.3. The van der Waals surface area contributed by atoms with Gasteiger partial charge in [-0.3, -0.25) is 0 Å². The zero-order chi connectivity index (χ0) is 22.2. The van der Waals surface area contributed by atoms with Gasteiger partial charge in [0.05, 0.1) is 25.4 Å². The summed E-state index contributed by atoms with van der Waals surface area (Å²) in [6, 6.07) is 20.2. The van der Waals surface area contributed by atoms with E-state index >= 15 is 0 Å². The summed E-state index contributed by atoms with van der Waals surface area (Å²) in [7, 11) is 0. The second kappa shape index (κ2) is 15.3. The van der Waals surface area contributed by atoms with Crippen LogP contribution < -0.4 is 0 Å². The highest BCUT2D eigenvalue weighted by Crippen LogP contribution is 2.19. The predicted molar refractivity (Wildman–Crippen MR) is 128 cm³/mol. The minimum absolute atomic E-state index is 0.0280. The van der Waals surface area contributed by atoms with Crippen LogP contribution in [0, 0.1) is 5.92 Å². The lowest BCUT2D eigenvalue weighted by molar-refractivity contribution is -0.111. The summed E-state index contributed by atoms with van der Waals surface area (Å²) >= 11 is 0. The van der Waals surface area contributed by atoms with Crippen LogP contribution in [-0.4, -0.2) is 18.5 Å². The Bertz CT molecular complexity index is 754. The molecule has 31 heavy (non-hydrogen) atoms. The molecule has 0 spiro atoms. The molecule has 0 saturated heterocycles. The number of hydrogen-bond donors (Lipinski definition) is 0. The number of carbonyl (C=O) groups excluding carboxylic acids is 1. The van der Waals surface area contributed by atoms with Crippen LogP contribution in [-0.2, 0) is 27.5 Å². The van der Waals surface area contributed by atoms with Crippen molar-refractivity contribution >= 4 is 6.29 Å². The maximum atomic E-state index is 11.3. The van der Waals surface area contributed by atoms with Crippen molar-refractivity contribution in [3.8, 4) is 0 Å². The first-order chi connectivity index (χ1) is 15.3. The fourth-order valence-electron chi connectivity index (χ4n) is 3.42. The standard InChI is InChI=1S/C28H36O3/c1-3-5-8-17-27(30-22-24-13-9-6-10-14-24)19-18-26(4-2)28(20-21-29)31-23-25-15-11-7-12-16-25/h4,6-7,9-16,18-19,21,26-28H,2-3,5,8,17,20,22-23H2,1H3/b19-18+/t26-,27-,28+/m0/s1. The van der Waals surface area contributed by atoms with Crippen molar-refractivity contribution < 1.29 is 14.3 Å². The van der Waals surface area contributed by atoms with Gasteiger partial charge < -0.3 is 14.3 Å². The number of carbonyl (C=O) groups is 1. The van der Waals surface area contributed by atoms with E-state index in [0.717, 1.165) is 24.7 Å². The molecule has 0 aliphatic heterocycles. The lowest BCUT2D eigenvalue weighted by Crippen LogP contribution is -2.22. The second-order valence-corrected chi connectivity index (χ2v) is 7.77. The molecule has 0 amide bonds. The van der Waals surface area contributed by atoms with Crippen molar-refractivity contribution in [2.24, 2.45) is 5.92 Å². The molecular weight excluding hydrogens is 384 g/mol. The van der Waals surface area contributed by atoms with E-state index in [9.17, 15) is 4.79 Å². The van der Waals surface area contributed by atoms with Gasteiger partial charge in [0.1, 0.15) is 6.29 Å². The molecule has 2 rings (SSSR count). The minimum Gasteiger partial charge on any atom is -0.372 e. The Morgan fingerprint density at radius 1 is 0.871 bits per heavy atom. The van der Waals surface area contributed by atoms with Gasteiger partial charge in [-0.25, -0.2) is 0 Å². The number of hydrogen-bond acceptors (Lipinski definition) is 3. The van der Waals surface area contributed by atoms with E-state index in [1.54, 1.807) is 0 Å². The van der Waals surface area contributed by atoms with Crippen LogP contribution in [0.3, 0.4) is 0 Å². The average molecular weight is 421 g/mol. The Balaban J connectivity index is 2.00. The number of benzene rings is 2. The molecule has 2 aromatic rings. The molecule has 0 bridgehead atoms. The zero-order valence-electron chi connectivity index (χ0n) is 18.7. The fourth-order valence-corrected chi connectivity index (χ4v) is 3.42. The van der Waals surface area contributed by atoms with Crippen LogP contribution in [0.15, 0.2) is 85.5 Å². The van der Waals surface area contributed by atoms with Crippen molar-refractivity contribution in [1.82, 2.24) is 0 Å². The second-order valence-electron chi connectivity index (χ2n) is 7.77. The first-order valence-electron chi connectivity index (χ1n) is 11.3. The van der Waals surface area contributed by atoms with E-state index in [2.05, 4.69) is 37.8 Å². The van der Waals surface area contributed by atoms with Gasteiger partial charge in [0.15, 0.2) is 0 Å². The third kappa shape index (κ3) is 9.91. The zero-order valence-corrected chi connectivity index (χ0v) is 18.7. The lowest BCUT2D eigenvalue weighted by atomic mass is 9.98. The Morgan fingerprint density at radius 2 is 1.48 bits per heavy atom. The molecule has 3 atom stereocenters. The third-order valence-corrected chi connectivity index (χ3v) is 5.28. The molecule has 3 nitrogen and oxygen atoms in total. The molecule has 166 valence electrons. The van der Waals surface area contributed by atoms with E-state index in [1.165, 1.54) is 18.4 Å². The molecule has 0 N–H and O–H groups in total. The van der Waals surface area contributed by atoms with Gasteiger partial charge >= 0.3 is 0 Å². The maximum absolute atomic E-state index is 11.3. The molecular formula is C28H36O3. The van der Waals surface area contributed by atoms with Gasteiger partial charge in [-0.15, -0.1) is 6.58 Å². The van der Waals surface area contributed by atoms with Gasteiger partial charge in [0.25, 0.3) is 0 Å². The van der Waals surface area contributed by atoms with E-state index in [4.69, 9.17) is 9.47 Å². The van der Waals surface area contributed by atoms with Gasteiger partial charge in [-0.05, 0) is 17.5 Å². The molecule has 0 fully saturated rings. The van der Waals surface area contributed by atoms with Crippen molar-refractivity contribution in [2.75, 3.05) is 0 Å². The number of unbranched alkanes of at least 4 members (excludes halogenated alkanes) is 2. The summed E-state index contributed by atoms with van der Waals surface area (Å²) < 4.78 is 12.3.